The molecule has 0 radical (unpaired) electrons. The van der Waals surface area contributed by atoms with E-state index < -0.39 is 0 Å². The van der Waals surface area contributed by atoms with Crippen molar-refractivity contribution in [2.24, 2.45) is 23.0 Å². The van der Waals surface area contributed by atoms with Crippen LogP contribution in [0.5, 0.6) is 0 Å². The van der Waals surface area contributed by atoms with E-state index >= 15 is 0 Å². The van der Waals surface area contributed by atoms with Crippen molar-refractivity contribution in [3.63, 3.8) is 0 Å². The van der Waals surface area contributed by atoms with Crippen LogP contribution in [0, 0.1) is 28.6 Å². The average Bonchev–Trinajstić information content (AvgIpc) is 3.20. The molecule has 32 heavy (non-hydrogen) atoms. The van der Waals surface area contributed by atoms with Gasteiger partial charge in [0, 0.05) is 29.4 Å². The van der Waals surface area contributed by atoms with Crippen LogP contribution in [0.15, 0.2) is 34.3 Å². The number of nitriles is 1. The summed E-state index contributed by atoms with van der Waals surface area (Å²) in [6, 6.07) is 7.49. The molecule has 2 saturated heterocycles. The van der Waals surface area contributed by atoms with Crippen molar-refractivity contribution in [2.45, 2.75) is 48.4 Å². The fourth-order valence-electron chi connectivity index (χ4n) is 5.57. The van der Waals surface area contributed by atoms with Gasteiger partial charge in [0.2, 0.25) is 0 Å². The van der Waals surface area contributed by atoms with E-state index in [1.807, 2.05) is 6.07 Å². The topological polar surface area (TPSA) is 108 Å². The molecule has 3 aliphatic rings. The molecule has 3 fully saturated rings. The summed E-state index contributed by atoms with van der Waals surface area (Å²) in [5.74, 6) is 1.39. The van der Waals surface area contributed by atoms with E-state index in [0.29, 0.717) is 39.0 Å². The van der Waals surface area contributed by atoms with E-state index in [9.17, 15) is 10.4 Å². The van der Waals surface area contributed by atoms with Gasteiger partial charge in [-0.25, -0.2) is 9.97 Å². The van der Waals surface area contributed by atoms with Crippen LogP contribution in [0.25, 0.3) is 0 Å². The summed E-state index contributed by atoms with van der Waals surface area (Å²) in [6.07, 6.45) is 4.09. The molecule has 1 aromatic heterocycles. The molecule has 2 aromatic rings. The highest BCUT2D eigenvalue weighted by Crippen LogP contribution is 2.54. The van der Waals surface area contributed by atoms with Gasteiger partial charge in [0.1, 0.15) is 16.8 Å². The maximum atomic E-state index is 10.1. The van der Waals surface area contributed by atoms with Gasteiger partial charge in [-0.2, -0.15) is 5.26 Å². The van der Waals surface area contributed by atoms with Gasteiger partial charge in [-0.1, -0.05) is 36.4 Å². The molecule has 5 rings (SSSR count). The van der Waals surface area contributed by atoms with Gasteiger partial charge in [-0.15, -0.1) is 0 Å². The third-order valence-electron chi connectivity index (χ3n) is 7.48. The van der Waals surface area contributed by atoms with Crippen LogP contribution in [-0.2, 0) is 11.3 Å². The molecule has 1 saturated carbocycles. The molecule has 1 aromatic carbocycles. The summed E-state index contributed by atoms with van der Waals surface area (Å²) in [7, 11) is 0. The van der Waals surface area contributed by atoms with Gasteiger partial charge in [-0.05, 0) is 36.8 Å². The van der Waals surface area contributed by atoms with Crippen LogP contribution in [0.3, 0.4) is 0 Å². The summed E-state index contributed by atoms with van der Waals surface area (Å²) in [5.41, 5.74) is 7.80. The molecule has 2 unspecified atom stereocenters. The predicted molar refractivity (Wildman–Crippen MR) is 122 cm³/mol. The molecule has 7 nitrogen and oxygen atoms in total. The Morgan fingerprint density at radius 3 is 3.09 bits per heavy atom. The fourth-order valence-corrected chi connectivity index (χ4v) is 6.69. The lowest BCUT2D eigenvalue weighted by molar-refractivity contribution is 0.0498. The molecule has 2 bridgehead atoms. The Hall–Kier alpha value is -1.89. The minimum atomic E-state index is -0.206. The number of hydrogen-bond acceptors (Lipinski definition) is 8. The second kappa shape index (κ2) is 8.47. The third-order valence-corrected chi connectivity index (χ3v) is 8.97. The van der Waals surface area contributed by atoms with Crippen molar-refractivity contribution >= 4 is 29.2 Å². The Morgan fingerprint density at radius 1 is 1.47 bits per heavy atom. The van der Waals surface area contributed by atoms with E-state index in [1.54, 1.807) is 18.3 Å². The molecular formula is C23H26ClN5O2S. The smallest absolute Gasteiger partial charge is 0.152 e. The minimum absolute atomic E-state index is 0.0916. The maximum Gasteiger partial charge on any atom is 0.152 e. The zero-order chi connectivity index (χ0) is 22.5. The van der Waals surface area contributed by atoms with Gasteiger partial charge in [-0.3, -0.25) is 0 Å². The molecule has 1 spiro atoms. The van der Waals surface area contributed by atoms with E-state index in [1.165, 1.54) is 11.8 Å². The van der Waals surface area contributed by atoms with Crippen LogP contribution in [0.2, 0.25) is 5.02 Å². The number of benzene rings is 1. The summed E-state index contributed by atoms with van der Waals surface area (Å²) in [5, 5.41) is 20.3. The molecule has 5 atom stereocenters. The summed E-state index contributed by atoms with van der Waals surface area (Å²) in [6.45, 7) is 4.43. The molecule has 9 heteroatoms. The molecule has 2 aliphatic heterocycles. The lowest BCUT2D eigenvalue weighted by Crippen LogP contribution is -2.59. The lowest BCUT2D eigenvalue weighted by atomic mass is 9.59. The van der Waals surface area contributed by atoms with Crippen molar-refractivity contribution in [3.05, 3.63) is 40.7 Å². The SMILES string of the molecule is C[C@H]1[C@H](N)C2CN(c3ncc(Sc4cccc(C#N)c4Cl)nc3CO)CCC23CO[C@@H]1C3. The summed E-state index contributed by atoms with van der Waals surface area (Å²) in [4.78, 5) is 12.3. The molecule has 168 valence electrons. The third kappa shape index (κ3) is 3.57. The number of aromatic nitrogens is 2. The first-order valence-corrected chi connectivity index (χ1v) is 12.1. The fraction of sp³-hybridized carbons (Fsp3) is 0.522. The van der Waals surface area contributed by atoms with Crippen molar-refractivity contribution < 1.29 is 9.84 Å². The molecule has 3 heterocycles. The number of aliphatic hydroxyl groups is 1. The highest BCUT2D eigenvalue weighted by Gasteiger charge is 2.57. The van der Waals surface area contributed by atoms with E-state index in [2.05, 4.69) is 27.9 Å². The number of nitrogens with zero attached hydrogens (tertiary/aromatic N) is 4. The Bertz CT molecular complexity index is 1080. The van der Waals surface area contributed by atoms with Gasteiger partial charge in [0.25, 0.3) is 0 Å². The number of fused-ring (bicyclic) bond motifs is 1. The Labute approximate surface area is 196 Å². The van der Waals surface area contributed by atoms with Gasteiger partial charge >= 0.3 is 0 Å². The van der Waals surface area contributed by atoms with Crippen molar-refractivity contribution in [1.82, 2.24) is 9.97 Å². The molecular weight excluding hydrogens is 446 g/mol. The molecule has 3 N–H and O–H groups in total. The van der Waals surface area contributed by atoms with Crippen LogP contribution < -0.4 is 10.6 Å². The van der Waals surface area contributed by atoms with Gasteiger partial charge in [0.05, 0.1) is 36.1 Å². The van der Waals surface area contributed by atoms with Crippen LogP contribution in [0.4, 0.5) is 5.82 Å². The van der Waals surface area contributed by atoms with Crippen LogP contribution in [-0.4, -0.2) is 46.9 Å². The zero-order valence-electron chi connectivity index (χ0n) is 17.9. The Balaban J connectivity index is 1.39. The Morgan fingerprint density at radius 2 is 2.31 bits per heavy atom. The first-order chi connectivity index (χ1) is 15.5. The van der Waals surface area contributed by atoms with Crippen LogP contribution >= 0.6 is 23.4 Å². The van der Waals surface area contributed by atoms with Crippen LogP contribution in [0.1, 0.15) is 31.0 Å². The number of rotatable bonds is 4. The highest BCUT2D eigenvalue weighted by molar-refractivity contribution is 7.99. The highest BCUT2D eigenvalue weighted by atomic mass is 35.5. The number of halogens is 1. The number of aliphatic hydroxyl groups excluding tert-OH is 1. The standard InChI is InChI=1S/C23H26ClN5O2S/c1-13-17-7-23(12-31-17)5-6-29(10-15(23)21(13)26)22-16(11-30)28-19(9-27-22)32-18-4-2-3-14(8-25)20(18)24/h2-4,9,13,15,17,21,30H,5-7,10-12,26H2,1H3/t13-,15?,17-,21+,23?/m1/s1. The number of ether oxygens (including phenoxy) is 1. The van der Waals surface area contributed by atoms with E-state index in [4.69, 9.17) is 22.1 Å². The summed E-state index contributed by atoms with van der Waals surface area (Å²) < 4.78 is 6.10. The zero-order valence-corrected chi connectivity index (χ0v) is 19.4. The largest absolute Gasteiger partial charge is 0.390 e. The predicted octanol–water partition coefficient (Wildman–Crippen LogP) is 3.22. The van der Waals surface area contributed by atoms with Gasteiger partial charge < -0.3 is 20.5 Å². The van der Waals surface area contributed by atoms with Crippen molar-refractivity contribution in [3.8, 4) is 6.07 Å². The lowest BCUT2D eigenvalue weighted by Gasteiger charge is -2.51. The quantitative estimate of drug-likeness (QED) is 0.699. The normalized spacial score (nSPS) is 31.3. The maximum absolute atomic E-state index is 10.1. The van der Waals surface area contributed by atoms with E-state index in [0.717, 1.165) is 37.4 Å². The van der Waals surface area contributed by atoms with Crippen molar-refractivity contribution in [2.75, 3.05) is 24.6 Å². The monoisotopic (exact) mass is 471 g/mol. The van der Waals surface area contributed by atoms with E-state index in [-0.39, 0.29) is 24.2 Å². The Kier molecular flexibility index (Phi) is 5.81. The first-order valence-electron chi connectivity index (χ1n) is 10.9. The number of nitrogens with two attached hydrogens (primary N) is 1. The second-order valence-electron chi connectivity index (χ2n) is 9.12. The number of hydrogen-bond donors (Lipinski definition) is 2. The molecule has 1 aliphatic carbocycles. The number of anilines is 1. The average molecular weight is 472 g/mol. The minimum Gasteiger partial charge on any atom is -0.390 e. The van der Waals surface area contributed by atoms with Crippen molar-refractivity contribution in [1.29, 1.82) is 5.26 Å². The van der Waals surface area contributed by atoms with Gasteiger partial charge in [0.15, 0.2) is 5.82 Å². The second-order valence-corrected chi connectivity index (χ2v) is 10.6. The summed E-state index contributed by atoms with van der Waals surface area (Å²) >= 11 is 7.67. The number of piperidine rings is 1. The molecule has 0 amide bonds. The first kappa shape index (κ1) is 21.9.